The van der Waals surface area contributed by atoms with Gasteiger partial charge in [0.1, 0.15) is 5.82 Å². The molecular formula is C16H18FN3O3. The fourth-order valence-corrected chi connectivity index (χ4v) is 2.73. The average Bonchev–Trinajstić information content (AvgIpc) is 2.92. The van der Waals surface area contributed by atoms with Crippen molar-refractivity contribution in [3.63, 3.8) is 0 Å². The van der Waals surface area contributed by atoms with Crippen LogP contribution < -0.4 is 5.32 Å². The van der Waals surface area contributed by atoms with E-state index in [1.165, 1.54) is 35.1 Å². The zero-order chi connectivity index (χ0) is 16.4. The molecule has 0 radical (unpaired) electrons. The molecule has 1 saturated carbocycles. The Hall–Kier alpha value is -2.41. The highest BCUT2D eigenvalue weighted by molar-refractivity contribution is 5.95. The summed E-state index contributed by atoms with van der Waals surface area (Å²) in [5.74, 6) is -1.06. The smallest absolute Gasteiger partial charge is 0.275 e. The number of hydrogen-bond donors (Lipinski definition) is 3. The van der Waals surface area contributed by atoms with Gasteiger partial charge in [-0.3, -0.25) is 4.79 Å². The Balaban J connectivity index is 1.72. The van der Waals surface area contributed by atoms with Crippen molar-refractivity contribution in [2.24, 2.45) is 0 Å². The largest absolute Gasteiger partial charge is 0.504 e. The molecule has 7 heteroatoms. The van der Waals surface area contributed by atoms with E-state index in [4.69, 9.17) is 0 Å². The highest BCUT2D eigenvalue weighted by Crippen LogP contribution is 2.21. The minimum atomic E-state index is -0.454. The molecule has 0 aliphatic heterocycles. The van der Waals surface area contributed by atoms with Crippen LogP contribution in [0, 0.1) is 5.82 Å². The summed E-state index contributed by atoms with van der Waals surface area (Å²) in [7, 11) is 0. The van der Waals surface area contributed by atoms with Gasteiger partial charge in [0.05, 0.1) is 18.0 Å². The average molecular weight is 319 g/mol. The van der Waals surface area contributed by atoms with E-state index in [2.05, 4.69) is 10.4 Å². The van der Waals surface area contributed by atoms with Crippen LogP contribution in [0.3, 0.4) is 0 Å². The molecule has 0 bridgehead atoms. The SMILES string of the molecule is O=C(NC1CCC(O)CC1)c1nn(-c2ccc(F)cc2)cc1O. The van der Waals surface area contributed by atoms with Crippen LogP contribution >= 0.6 is 0 Å². The number of hydrogen-bond acceptors (Lipinski definition) is 4. The first-order chi connectivity index (χ1) is 11.0. The van der Waals surface area contributed by atoms with Crippen molar-refractivity contribution in [1.29, 1.82) is 0 Å². The number of halogens is 1. The lowest BCUT2D eigenvalue weighted by Crippen LogP contribution is -2.38. The van der Waals surface area contributed by atoms with Gasteiger partial charge in [0.15, 0.2) is 11.4 Å². The van der Waals surface area contributed by atoms with Gasteiger partial charge in [0, 0.05) is 6.04 Å². The molecule has 0 spiro atoms. The molecule has 1 heterocycles. The van der Waals surface area contributed by atoms with Crippen molar-refractivity contribution in [3.05, 3.63) is 42.0 Å². The number of aromatic nitrogens is 2. The number of nitrogens with one attached hydrogen (secondary N) is 1. The molecule has 6 nitrogen and oxygen atoms in total. The zero-order valence-corrected chi connectivity index (χ0v) is 12.4. The van der Waals surface area contributed by atoms with Crippen LogP contribution in [0.2, 0.25) is 0 Å². The van der Waals surface area contributed by atoms with E-state index in [-0.39, 0.29) is 29.4 Å². The van der Waals surface area contributed by atoms with Gasteiger partial charge in [-0.2, -0.15) is 5.10 Å². The quantitative estimate of drug-likeness (QED) is 0.804. The van der Waals surface area contributed by atoms with Crippen LogP contribution in [0.4, 0.5) is 4.39 Å². The summed E-state index contributed by atoms with van der Waals surface area (Å²) in [6.07, 6.45) is 3.72. The second kappa shape index (κ2) is 6.37. The standard InChI is InChI=1S/C16H18FN3O3/c17-10-1-5-12(6-2-10)20-9-14(22)15(19-20)16(23)18-11-3-7-13(21)8-4-11/h1-2,5-6,9,11,13,21-22H,3-4,7-8H2,(H,18,23). The minimum Gasteiger partial charge on any atom is -0.504 e. The van der Waals surface area contributed by atoms with E-state index in [0.717, 1.165) is 0 Å². The maximum atomic E-state index is 12.9. The lowest BCUT2D eigenvalue weighted by atomic mass is 9.93. The Morgan fingerprint density at radius 1 is 1.22 bits per heavy atom. The number of aliphatic hydroxyl groups excluding tert-OH is 1. The van der Waals surface area contributed by atoms with E-state index < -0.39 is 5.91 Å². The van der Waals surface area contributed by atoms with Gasteiger partial charge in [-0.05, 0) is 49.9 Å². The molecule has 1 fully saturated rings. The fraction of sp³-hybridized carbons (Fsp3) is 0.375. The van der Waals surface area contributed by atoms with E-state index in [0.29, 0.717) is 31.4 Å². The molecule has 122 valence electrons. The predicted octanol–water partition coefficient (Wildman–Crippen LogP) is 1.75. The third kappa shape index (κ3) is 3.50. The van der Waals surface area contributed by atoms with E-state index in [9.17, 15) is 19.4 Å². The third-order valence-electron chi connectivity index (χ3n) is 4.03. The lowest BCUT2D eigenvalue weighted by Gasteiger charge is -2.25. The van der Waals surface area contributed by atoms with Crippen LogP contribution in [0.5, 0.6) is 5.75 Å². The van der Waals surface area contributed by atoms with Gasteiger partial charge in [-0.25, -0.2) is 9.07 Å². The Morgan fingerprint density at radius 2 is 1.87 bits per heavy atom. The molecule has 1 amide bonds. The van der Waals surface area contributed by atoms with Crippen molar-refractivity contribution < 1.29 is 19.4 Å². The van der Waals surface area contributed by atoms with Crippen molar-refractivity contribution in [1.82, 2.24) is 15.1 Å². The summed E-state index contributed by atoms with van der Waals surface area (Å²) in [6.45, 7) is 0. The van der Waals surface area contributed by atoms with E-state index >= 15 is 0 Å². The summed E-state index contributed by atoms with van der Waals surface area (Å²) in [5.41, 5.74) is 0.474. The second-order valence-corrected chi connectivity index (χ2v) is 5.76. The maximum Gasteiger partial charge on any atom is 0.275 e. The number of nitrogens with zero attached hydrogens (tertiary/aromatic N) is 2. The number of rotatable bonds is 3. The first-order valence-electron chi connectivity index (χ1n) is 7.56. The first-order valence-corrected chi connectivity index (χ1v) is 7.56. The minimum absolute atomic E-state index is 0.0266. The number of aromatic hydroxyl groups is 1. The fourth-order valence-electron chi connectivity index (χ4n) is 2.73. The Bertz CT molecular complexity index is 691. The predicted molar refractivity (Wildman–Crippen MR) is 80.9 cm³/mol. The van der Waals surface area contributed by atoms with Crippen molar-refractivity contribution >= 4 is 5.91 Å². The van der Waals surface area contributed by atoms with Crippen molar-refractivity contribution in [3.8, 4) is 11.4 Å². The van der Waals surface area contributed by atoms with Crippen LogP contribution in [-0.2, 0) is 0 Å². The molecule has 0 unspecified atom stereocenters. The molecule has 0 saturated heterocycles. The molecule has 0 atom stereocenters. The van der Waals surface area contributed by atoms with Crippen LogP contribution in [0.15, 0.2) is 30.5 Å². The lowest BCUT2D eigenvalue weighted by molar-refractivity contribution is 0.0860. The molecular weight excluding hydrogens is 301 g/mol. The van der Waals surface area contributed by atoms with Crippen LogP contribution in [0.1, 0.15) is 36.2 Å². The number of benzene rings is 1. The van der Waals surface area contributed by atoms with Gasteiger partial charge in [0.2, 0.25) is 0 Å². The summed E-state index contributed by atoms with van der Waals surface area (Å²) in [5, 5.41) is 26.3. The molecule has 3 rings (SSSR count). The number of carbonyl (C=O) groups excluding carboxylic acids is 1. The first kappa shape index (κ1) is 15.5. The summed E-state index contributed by atoms with van der Waals surface area (Å²) in [6, 6.07) is 5.54. The van der Waals surface area contributed by atoms with Gasteiger partial charge in [0.25, 0.3) is 5.91 Å². The van der Waals surface area contributed by atoms with Crippen molar-refractivity contribution in [2.75, 3.05) is 0 Å². The zero-order valence-electron chi connectivity index (χ0n) is 12.4. The molecule has 23 heavy (non-hydrogen) atoms. The summed E-state index contributed by atoms with van der Waals surface area (Å²) < 4.78 is 14.3. The molecule has 1 aliphatic rings. The van der Waals surface area contributed by atoms with E-state index in [1.807, 2.05) is 0 Å². The topological polar surface area (TPSA) is 87.4 Å². The summed E-state index contributed by atoms with van der Waals surface area (Å²) >= 11 is 0. The van der Waals surface area contributed by atoms with Crippen LogP contribution in [0.25, 0.3) is 5.69 Å². The molecule has 3 N–H and O–H groups in total. The molecule has 1 aromatic carbocycles. The molecule has 1 aromatic heterocycles. The molecule has 1 aliphatic carbocycles. The number of amides is 1. The van der Waals surface area contributed by atoms with Crippen molar-refractivity contribution in [2.45, 2.75) is 37.8 Å². The maximum absolute atomic E-state index is 12.9. The van der Waals surface area contributed by atoms with Gasteiger partial charge in [-0.1, -0.05) is 0 Å². The Labute approximate surface area is 132 Å². The monoisotopic (exact) mass is 319 g/mol. The summed E-state index contributed by atoms with van der Waals surface area (Å²) in [4.78, 5) is 12.2. The highest BCUT2D eigenvalue weighted by Gasteiger charge is 2.24. The third-order valence-corrected chi connectivity index (χ3v) is 4.03. The van der Waals surface area contributed by atoms with Crippen LogP contribution in [-0.4, -0.2) is 38.0 Å². The van der Waals surface area contributed by atoms with Gasteiger partial charge < -0.3 is 15.5 Å². The van der Waals surface area contributed by atoms with Gasteiger partial charge in [-0.15, -0.1) is 0 Å². The van der Waals surface area contributed by atoms with E-state index in [1.54, 1.807) is 0 Å². The Morgan fingerprint density at radius 3 is 2.52 bits per heavy atom. The number of carbonyl (C=O) groups is 1. The van der Waals surface area contributed by atoms with Gasteiger partial charge >= 0.3 is 0 Å². The second-order valence-electron chi connectivity index (χ2n) is 5.76. The normalized spacial score (nSPS) is 21.1. The number of aliphatic hydroxyl groups is 1. The highest BCUT2D eigenvalue weighted by atomic mass is 19.1. The Kier molecular flexibility index (Phi) is 4.29. The molecule has 2 aromatic rings.